The van der Waals surface area contributed by atoms with Crippen molar-refractivity contribution in [1.82, 2.24) is 10.6 Å². The molecule has 1 atom stereocenters. The summed E-state index contributed by atoms with van der Waals surface area (Å²) in [6.45, 7) is 3.83. The minimum Gasteiger partial charge on any atom is -0.351 e. The predicted molar refractivity (Wildman–Crippen MR) is 61.5 cm³/mol. The molecule has 3 nitrogen and oxygen atoms in total. The molecule has 0 bridgehead atoms. The van der Waals surface area contributed by atoms with E-state index in [9.17, 15) is 9.18 Å². The van der Waals surface area contributed by atoms with E-state index in [4.69, 9.17) is 0 Å². The molecule has 0 aliphatic rings. The summed E-state index contributed by atoms with van der Waals surface area (Å²) in [5.74, 6) is -0.336. The van der Waals surface area contributed by atoms with Gasteiger partial charge in [0.15, 0.2) is 0 Å². The van der Waals surface area contributed by atoms with Crippen LogP contribution in [0.15, 0.2) is 18.2 Å². The summed E-state index contributed by atoms with van der Waals surface area (Å²) in [5.41, 5.74) is 1.37. The Morgan fingerprint density at radius 1 is 1.50 bits per heavy atom. The van der Waals surface area contributed by atoms with Gasteiger partial charge in [0.25, 0.3) is 0 Å². The topological polar surface area (TPSA) is 41.1 Å². The number of hydrogen-bond donors (Lipinski definition) is 2. The van der Waals surface area contributed by atoms with Crippen molar-refractivity contribution < 1.29 is 9.18 Å². The number of amides is 1. The van der Waals surface area contributed by atoms with Gasteiger partial charge in [-0.25, -0.2) is 4.39 Å². The lowest BCUT2D eigenvalue weighted by Crippen LogP contribution is -2.39. The second kappa shape index (κ2) is 5.61. The summed E-state index contributed by atoms with van der Waals surface area (Å²) >= 11 is 0. The first-order chi connectivity index (χ1) is 7.54. The van der Waals surface area contributed by atoms with E-state index in [-0.39, 0.29) is 17.8 Å². The first-order valence-corrected chi connectivity index (χ1v) is 5.24. The maximum Gasteiger partial charge on any atom is 0.237 e. The predicted octanol–water partition coefficient (Wildman–Crippen LogP) is 1.36. The largest absolute Gasteiger partial charge is 0.351 e. The monoisotopic (exact) mass is 224 g/mol. The molecule has 0 aliphatic carbocycles. The number of rotatable bonds is 4. The summed E-state index contributed by atoms with van der Waals surface area (Å²) in [4.78, 5) is 11.4. The Bertz CT molecular complexity index is 379. The molecule has 1 rings (SSSR count). The quantitative estimate of drug-likeness (QED) is 0.810. The smallest absolute Gasteiger partial charge is 0.237 e. The second-order valence-electron chi connectivity index (χ2n) is 3.81. The van der Waals surface area contributed by atoms with E-state index in [0.717, 1.165) is 5.56 Å². The van der Waals surface area contributed by atoms with E-state index < -0.39 is 0 Å². The van der Waals surface area contributed by atoms with Crippen LogP contribution in [0, 0.1) is 12.7 Å². The lowest BCUT2D eigenvalue weighted by Gasteiger charge is -2.11. The van der Waals surface area contributed by atoms with Crippen LogP contribution >= 0.6 is 0 Å². The van der Waals surface area contributed by atoms with Crippen molar-refractivity contribution in [3.8, 4) is 0 Å². The highest BCUT2D eigenvalue weighted by atomic mass is 19.1. The molecular formula is C12H17FN2O. The van der Waals surface area contributed by atoms with E-state index in [1.807, 2.05) is 6.07 Å². The number of benzene rings is 1. The molecule has 0 spiro atoms. The molecule has 0 aliphatic heterocycles. The normalized spacial score (nSPS) is 12.2. The third kappa shape index (κ3) is 3.31. The van der Waals surface area contributed by atoms with Gasteiger partial charge in [0.2, 0.25) is 5.91 Å². The molecule has 88 valence electrons. The van der Waals surface area contributed by atoms with Crippen LogP contribution in [-0.4, -0.2) is 19.0 Å². The summed E-state index contributed by atoms with van der Waals surface area (Å²) in [7, 11) is 1.72. The van der Waals surface area contributed by atoms with E-state index in [1.54, 1.807) is 27.0 Å². The number of hydrogen-bond acceptors (Lipinski definition) is 2. The maximum absolute atomic E-state index is 13.2. The fourth-order valence-corrected chi connectivity index (χ4v) is 1.22. The van der Waals surface area contributed by atoms with Crippen LogP contribution < -0.4 is 10.6 Å². The first kappa shape index (κ1) is 12.6. The van der Waals surface area contributed by atoms with Crippen molar-refractivity contribution in [1.29, 1.82) is 0 Å². The first-order valence-electron chi connectivity index (χ1n) is 5.24. The summed E-state index contributed by atoms with van der Waals surface area (Å²) in [5, 5.41) is 5.56. The number of carbonyl (C=O) groups is 1. The van der Waals surface area contributed by atoms with Gasteiger partial charge in [0.05, 0.1) is 6.04 Å². The lowest BCUT2D eigenvalue weighted by atomic mass is 10.1. The van der Waals surface area contributed by atoms with Crippen LogP contribution in [0.2, 0.25) is 0 Å². The van der Waals surface area contributed by atoms with Gasteiger partial charge >= 0.3 is 0 Å². The van der Waals surface area contributed by atoms with E-state index in [1.165, 1.54) is 6.07 Å². The molecule has 1 amide bonds. The van der Waals surface area contributed by atoms with Gasteiger partial charge in [-0.3, -0.25) is 4.79 Å². The van der Waals surface area contributed by atoms with Gasteiger partial charge in [-0.15, -0.1) is 0 Å². The Balaban J connectivity index is 2.55. The average Bonchev–Trinajstić information content (AvgIpc) is 2.29. The van der Waals surface area contributed by atoms with Crippen molar-refractivity contribution in [3.05, 3.63) is 35.1 Å². The van der Waals surface area contributed by atoms with Gasteiger partial charge in [-0.2, -0.15) is 0 Å². The number of likely N-dealkylation sites (N-methyl/N-ethyl adjacent to an activating group) is 1. The zero-order chi connectivity index (χ0) is 12.1. The summed E-state index contributed by atoms with van der Waals surface area (Å²) in [6.07, 6.45) is 0. The van der Waals surface area contributed by atoms with Crippen molar-refractivity contribution in [2.45, 2.75) is 26.4 Å². The van der Waals surface area contributed by atoms with Crippen LogP contribution in [0.25, 0.3) is 0 Å². The zero-order valence-electron chi connectivity index (χ0n) is 9.80. The third-order valence-electron chi connectivity index (χ3n) is 2.53. The van der Waals surface area contributed by atoms with Crippen LogP contribution in [0.1, 0.15) is 18.1 Å². The maximum atomic E-state index is 13.2. The zero-order valence-corrected chi connectivity index (χ0v) is 9.80. The molecule has 2 N–H and O–H groups in total. The van der Waals surface area contributed by atoms with Crippen LogP contribution in [0.3, 0.4) is 0 Å². The van der Waals surface area contributed by atoms with Crippen molar-refractivity contribution >= 4 is 5.91 Å². The number of carbonyl (C=O) groups excluding carboxylic acids is 1. The lowest BCUT2D eigenvalue weighted by molar-refractivity contribution is -0.122. The second-order valence-corrected chi connectivity index (χ2v) is 3.81. The van der Waals surface area contributed by atoms with E-state index in [2.05, 4.69) is 10.6 Å². The summed E-state index contributed by atoms with van der Waals surface area (Å²) in [6, 6.07) is 4.72. The van der Waals surface area contributed by atoms with Gasteiger partial charge in [-0.05, 0) is 38.1 Å². The van der Waals surface area contributed by atoms with Gasteiger partial charge in [0, 0.05) is 6.54 Å². The molecule has 0 saturated carbocycles. The van der Waals surface area contributed by atoms with Crippen LogP contribution in [-0.2, 0) is 11.3 Å². The number of halogens is 1. The number of aryl methyl sites for hydroxylation is 1. The minimum atomic E-state index is -0.242. The Labute approximate surface area is 95.0 Å². The fraction of sp³-hybridized carbons (Fsp3) is 0.417. The highest BCUT2D eigenvalue weighted by Crippen LogP contribution is 2.08. The standard InChI is InChI=1S/C12H17FN2O/c1-8-4-5-10(6-11(8)13)7-15-12(16)9(2)14-3/h4-6,9,14H,7H2,1-3H3,(H,15,16). The molecule has 1 aromatic rings. The van der Waals surface area contributed by atoms with Gasteiger partial charge in [0.1, 0.15) is 5.82 Å². The van der Waals surface area contributed by atoms with Gasteiger partial charge in [-0.1, -0.05) is 12.1 Å². The Morgan fingerprint density at radius 3 is 2.75 bits per heavy atom. The van der Waals surface area contributed by atoms with Crippen molar-refractivity contribution in [3.63, 3.8) is 0 Å². The molecule has 0 aromatic heterocycles. The molecule has 0 heterocycles. The Kier molecular flexibility index (Phi) is 4.43. The minimum absolute atomic E-state index is 0.0940. The molecule has 0 fully saturated rings. The Morgan fingerprint density at radius 2 is 2.19 bits per heavy atom. The SMILES string of the molecule is CNC(C)C(=O)NCc1ccc(C)c(F)c1. The summed E-state index contributed by atoms with van der Waals surface area (Å²) < 4.78 is 13.2. The van der Waals surface area contributed by atoms with Crippen LogP contribution in [0.5, 0.6) is 0 Å². The van der Waals surface area contributed by atoms with E-state index in [0.29, 0.717) is 12.1 Å². The van der Waals surface area contributed by atoms with E-state index >= 15 is 0 Å². The molecular weight excluding hydrogens is 207 g/mol. The fourth-order valence-electron chi connectivity index (χ4n) is 1.22. The molecule has 0 radical (unpaired) electrons. The third-order valence-corrected chi connectivity index (χ3v) is 2.53. The number of nitrogens with one attached hydrogen (secondary N) is 2. The van der Waals surface area contributed by atoms with Crippen molar-refractivity contribution in [2.24, 2.45) is 0 Å². The van der Waals surface area contributed by atoms with Gasteiger partial charge < -0.3 is 10.6 Å². The molecule has 0 saturated heterocycles. The molecule has 16 heavy (non-hydrogen) atoms. The molecule has 4 heteroatoms. The Hall–Kier alpha value is -1.42. The molecule has 1 aromatic carbocycles. The average molecular weight is 224 g/mol. The highest BCUT2D eigenvalue weighted by molar-refractivity contribution is 5.81. The van der Waals surface area contributed by atoms with Crippen LogP contribution in [0.4, 0.5) is 4.39 Å². The molecule has 1 unspecified atom stereocenters. The van der Waals surface area contributed by atoms with Crippen molar-refractivity contribution in [2.75, 3.05) is 7.05 Å². The highest BCUT2D eigenvalue weighted by Gasteiger charge is 2.09.